The third-order valence-electron chi connectivity index (χ3n) is 4.75. The minimum Gasteiger partial charge on any atom is -0.497 e. The van der Waals surface area contributed by atoms with Gasteiger partial charge in [0.2, 0.25) is 0 Å². The van der Waals surface area contributed by atoms with Crippen molar-refractivity contribution < 1.29 is 19.1 Å². The standard InChI is InChI=1S/C23H24N2O4/c1-3-7-20-16-24(23(27)29-17-18-8-5-4-6-9-18)14-15-25(20)22(26)19-10-12-21(28-2)13-11-19/h4-6,8-13,20H,14-17H2,1-2H3. The molecule has 3 rings (SSSR count). The van der Waals surface area contributed by atoms with E-state index in [0.717, 1.165) is 5.56 Å². The van der Waals surface area contributed by atoms with E-state index in [2.05, 4.69) is 11.8 Å². The zero-order valence-electron chi connectivity index (χ0n) is 16.6. The Labute approximate surface area is 171 Å². The van der Waals surface area contributed by atoms with Gasteiger partial charge in [-0.05, 0) is 36.8 Å². The molecule has 1 fully saturated rings. The first-order valence-corrected chi connectivity index (χ1v) is 9.45. The number of benzene rings is 2. The zero-order valence-corrected chi connectivity index (χ0v) is 16.6. The van der Waals surface area contributed by atoms with Crippen LogP contribution in [0.1, 0.15) is 22.8 Å². The molecule has 0 aliphatic carbocycles. The van der Waals surface area contributed by atoms with Gasteiger partial charge in [0.25, 0.3) is 5.91 Å². The van der Waals surface area contributed by atoms with Gasteiger partial charge in [0.1, 0.15) is 18.4 Å². The fraction of sp³-hybridized carbons (Fsp3) is 0.304. The molecule has 2 amide bonds. The molecule has 0 radical (unpaired) electrons. The molecule has 6 nitrogen and oxygen atoms in total. The molecule has 6 heteroatoms. The van der Waals surface area contributed by atoms with Gasteiger partial charge in [-0.2, -0.15) is 0 Å². The number of ether oxygens (including phenoxy) is 2. The Hall–Kier alpha value is -3.46. The molecule has 0 bridgehead atoms. The van der Waals surface area contributed by atoms with Crippen LogP contribution in [0.15, 0.2) is 54.6 Å². The van der Waals surface area contributed by atoms with Gasteiger partial charge < -0.3 is 19.3 Å². The lowest BCUT2D eigenvalue weighted by Gasteiger charge is -2.38. The second kappa shape index (κ2) is 9.65. The van der Waals surface area contributed by atoms with Gasteiger partial charge in [-0.3, -0.25) is 4.79 Å². The van der Waals surface area contributed by atoms with Crippen molar-refractivity contribution in [2.75, 3.05) is 26.7 Å². The molecule has 0 aromatic heterocycles. The number of methoxy groups -OCH3 is 1. The topological polar surface area (TPSA) is 59.1 Å². The summed E-state index contributed by atoms with van der Waals surface area (Å²) in [4.78, 5) is 28.7. The van der Waals surface area contributed by atoms with E-state index in [1.54, 1.807) is 48.1 Å². The summed E-state index contributed by atoms with van der Waals surface area (Å²) in [5, 5.41) is 0. The van der Waals surface area contributed by atoms with Crippen molar-refractivity contribution >= 4 is 12.0 Å². The first-order chi connectivity index (χ1) is 14.1. The molecule has 1 heterocycles. The molecule has 0 spiro atoms. The Morgan fingerprint density at radius 3 is 2.45 bits per heavy atom. The number of carbonyl (C=O) groups excluding carboxylic acids is 2. The van der Waals surface area contributed by atoms with E-state index in [0.29, 0.717) is 30.9 Å². The van der Waals surface area contributed by atoms with Crippen LogP contribution in [0.2, 0.25) is 0 Å². The molecule has 0 N–H and O–H groups in total. The quantitative estimate of drug-likeness (QED) is 0.750. The molecule has 29 heavy (non-hydrogen) atoms. The number of amides is 2. The second-order valence-corrected chi connectivity index (χ2v) is 6.62. The number of nitrogens with zero attached hydrogens (tertiary/aromatic N) is 2. The Morgan fingerprint density at radius 1 is 1.07 bits per heavy atom. The maximum atomic E-state index is 13.0. The van der Waals surface area contributed by atoms with Crippen LogP contribution in [0, 0.1) is 11.8 Å². The highest BCUT2D eigenvalue weighted by Crippen LogP contribution is 2.18. The maximum absolute atomic E-state index is 13.0. The van der Waals surface area contributed by atoms with Crippen LogP contribution in [0.25, 0.3) is 0 Å². The first-order valence-electron chi connectivity index (χ1n) is 9.45. The minimum atomic E-state index is -0.395. The van der Waals surface area contributed by atoms with Crippen molar-refractivity contribution in [2.45, 2.75) is 19.6 Å². The summed E-state index contributed by atoms with van der Waals surface area (Å²) in [5.41, 5.74) is 1.49. The van der Waals surface area contributed by atoms with Crippen LogP contribution in [-0.2, 0) is 11.3 Å². The zero-order chi connectivity index (χ0) is 20.6. The van der Waals surface area contributed by atoms with Crippen LogP contribution in [0.4, 0.5) is 4.79 Å². The molecule has 0 saturated carbocycles. The number of carbonyl (C=O) groups is 2. The molecule has 1 unspecified atom stereocenters. The van der Waals surface area contributed by atoms with Gasteiger partial charge in [0.15, 0.2) is 0 Å². The van der Waals surface area contributed by atoms with E-state index in [4.69, 9.17) is 9.47 Å². The summed E-state index contributed by atoms with van der Waals surface area (Å²) in [7, 11) is 1.58. The highest BCUT2D eigenvalue weighted by molar-refractivity contribution is 5.95. The highest BCUT2D eigenvalue weighted by Gasteiger charge is 2.32. The molecular weight excluding hydrogens is 368 g/mol. The van der Waals surface area contributed by atoms with E-state index >= 15 is 0 Å². The van der Waals surface area contributed by atoms with Crippen LogP contribution in [0.3, 0.4) is 0 Å². The van der Waals surface area contributed by atoms with E-state index in [9.17, 15) is 9.59 Å². The fourth-order valence-electron chi connectivity index (χ4n) is 3.19. The van der Waals surface area contributed by atoms with Crippen LogP contribution >= 0.6 is 0 Å². The summed E-state index contributed by atoms with van der Waals surface area (Å²) in [6.45, 7) is 3.05. The van der Waals surface area contributed by atoms with E-state index in [1.165, 1.54) is 0 Å². The van der Waals surface area contributed by atoms with Crippen molar-refractivity contribution in [2.24, 2.45) is 0 Å². The van der Waals surface area contributed by atoms with Crippen molar-refractivity contribution in [1.82, 2.24) is 9.80 Å². The van der Waals surface area contributed by atoms with E-state index in [-0.39, 0.29) is 18.6 Å². The molecule has 1 saturated heterocycles. The van der Waals surface area contributed by atoms with Crippen LogP contribution in [-0.4, -0.2) is 54.6 Å². The molecule has 150 valence electrons. The van der Waals surface area contributed by atoms with Crippen molar-refractivity contribution in [3.8, 4) is 17.6 Å². The van der Waals surface area contributed by atoms with Crippen molar-refractivity contribution in [1.29, 1.82) is 0 Å². The smallest absolute Gasteiger partial charge is 0.410 e. The molecule has 2 aromatic rings. The maximum Gasteiger partial charge on any atom is 0.410 e. The van der Waals surface area contributed by atoms with E-state index < -0.39 is 6.09 Å². The van der Waals surface area contributed by atoms with Crippen molar-refractivity contribution in [3.05, 3.63) is 65.7 Å². The van der Waals surface area contributed by atoms with E-state index in [1.807, 2.05) is 30.3 Å². The Bertz CT molecular complexity index is 900. The fourth-order valence-corrected chi connectivity index (χ4v) is 3.19. The van der Waals surface area contributed by atoms with Gasteiger partial charge in [-0.15, -0.1) is 5.92 Å². The lowest BCUT2D eigenvalue weighted by molar-refractivity contribution is 0.0456. The molecular formula is C23H24N2O4. The highest BCUT2D eigenvalue weighted by atomic mass is 16.6. The molecule has 1 aliphatic rings. The monoisotopic (exact) mass is 392 g/mol. The molecule has 1 aliphatic heterocycles. The van der Waals surface area contributed by atoms with Gasteiger partial charge in [-0.25, -0.2) is 4.79 Å². The Morgan fingerprint density at radius 2 is 1.79 bits per heavy atom. The normalized spacial score (nSPS) is 15.9. The average molecular weight is 392 g/mol. The minimum absolute atomic E-state index is 0.113. The predicted octanol–water partition coefficient (Wildman–Crippen LogP) is 3.18. The lowest BCUT2D eigenvalue weighted by atomic mass is 10.1. The van der Waals surface area contributed by atoms with Crippen LogP contribution < -0.4 is 4.74 Å². The molecule has 2 aromatic carbocycles. The van der Waals surface area contributed by atoms with Gasteiger partial charge in [-0.1, -0.05) is 36.3 Å². The van der Waals surface area contributed by atoms with Gasteiger partial charge in [0.05, 0.1) is 13.7 Å². The number of rotatable bonds is 4. The van der Waals surface area contributed by atoms with Crippen molar-refractivity contribution in [3.63, 3.8) is 0 Å². The molecule has 1 atom stereocenters. The first kappa shape index (κ1) is 20.3. The SMILES string of the molecule is CC#CC1CN(C(=O)OCc2ccccc2)CCN1C(=O)c1ccc(OC)cc1. The summed E-state index contributed by atoms with van der Waals surface area (Å²) in [6, 6.07) is 16.1. The summed E-state index contributed by atoms with van der Waals surface area (Å²) >= 11 is 0. The largest absolute Gasteiger partial charge is 0.497 e. The third kappa shape index (κ3) is 5.08. The summed E-state index contributed by atoms with van der Waals surface area (Å²) in [5.74, 6) is 6.49. The van der Waals surface area contributed by atoms with Gasteiger partial charge >= 0.3 is 6.09 Å². The number of hydrogen-bond acceptors (Lipinski definition) is 4. The predicted molar refractivity (Wildman–Crippen MR) is 109 cm³/mol. The second-order valence-electron chi connectivity index (χ2n) is 6.62. The summed E-state index contributed by atoms with van der Waals surface area (Å²) < 4.78 is 10.6. The third-order valence-corrected chi connectivity index (χ3v) is 4.75. The Kier molecular flexibility index (Phi) is 6.75. The average Bonchev–Trinajstić information content (AvgIpc) is 2.78. The van der Waals surface area contributed by atoms with Gasteiger partial charge in [0, 0.05) is 18.7 Å². The number of hydrogen-bond donors (Lipinski definition) is 0. The Balaban J connectivity index is 1.64. The summed E-state index contributed by atoms with van der Waals surface area (Å²) in [6.07, 6.45) is -0.395. The lowest BCUT2D eigenvalue weighted by Crippen LogP contribution is -2.56. The number of piperazine rings is 1. The van der Waals surface area contributed by atoms with Crippen LogP contribution in [0.5, 0.6) is 5.75 Å².